The molecule has 1 nitrogen and oxygen atoms in total. The molecule has 1 rings (SSSR count). The van der Waals surface area contributed by atoms with E-state index in [2.05, 4.69) is 37.5 Å². The lowest BCUT2D eigenvalue weighted by Gasteiger charge is -2.10. The third kappa shape index (κ3) is 2.61. The van der Waals surface area contributed by atoms with Gasteiger partial charge in [-0.1, -0.05) is 6.92 Å². The van der Waals surface area contributed by atoms with Gasteiger partial charge in [-0.3, -0.25) is 0 Å². The maximum absolute atomic E-state index is 3.49. The van der Waals surface area contributed by atoms with Crippen LogP contribution in [0.15, 0.2) is 11.4 Å². The van der Waals surface area contributed by atoms with Gasteiger partial charge >= 0.3 is 0 Å². The summed E-state index contributed by atoms with van der Waals surface area (Å²) in [5.41, 5.74) is 1.41. The second kappa shape index (κ2) is 4.63. The third-order valence-electron chi connectivity index (χ3n) is 2.19. The predicted octanol–water partition coefficient (Wildman–Crippen LogP) is 2.94. The van der Waals surface area contributed by atoms with Crippen LogP contribution < -0.4 is 5.32 Å². The summed E-state index contributed by atoms with van der Waals surface area (Å²) in [6.07, 6.45) is 1.20. The predicted molar refractivity (Wildman–Crippen MR) is 55.6 cm³/mol. The summed E-state index contributed by atoms with van der Waals surface area (Å²) < 4.78 is 0. The summed E-state index contributed by atoms with van der Waals surface area (Å²) in [6, 6.07) is 2.81. The zero-order valence-corrected chi connectivity index (χ0v) is 8.87. The van der Waals surface area contributed by atoms with Crippen molar-refractivity contribution in [2.45, 2.75) is 39.8 Å². The van der Waals surface area contributed by atoms with Crippen LogP contribution in [0.5, 0.6) is 0 Å². The number of hydrogen-bond donors (Lipinski definition) is 1. The van der Waals surface area contributed by atoms with Crippen LogP contribution in [0.1, 0.15) is 30.7 Å². The van der Waals surface area contributed by atoms with E-state index in [1.165, 1.54) is 16.9 Å². The van der Waals surface area contributed by atoms with Gasteiger partial charge in [-0.05, 0) is 37.3 Å². The molecule has 2 heteroatoms. The van der Waals surface area contributed by atoms with Crippen molar-refractivity contribution in [2.24, 2.45) is 0 Å². The summed E-state index contributed by atoms with van der Waals surface area (Å²) >= 11 is 1.84. The molecule has 1 N–H and O–H groups in total. The largest absolute Gasteiger partial charge is 0.309 e. The Labute approximate surface area is 78.8 Å². The molecule has 68 valence electrons. The first-order valence-electron chi connectivity index (χ1n) is 4.50. The fourth-order valence-corrected chi connectivity index (χ4v) is 1.85. The monoisotopic (exact) mass is 183 g/mol. The van der Waals surface area contributed by atoms with Crippen LogP contribution in [-0.2, 0) is 6.54 Å². The third-order valence-corrected chi connectivity index (χ3v) is 3.21. The standard InChI is InChI=1S/C10H17NS/c1-4-9(3)11-7-10-8(2)5-6-12-10/h5-6,9,11H,4,7H2,1-3H3. The molecule has 0 amide bonds. The summed E-state index contributed by atoms with van der Waals surface area (Å²) in [5, 5.41) is 5.64. The molecule has 0 fully saturated rings. The van der Waals surface area contributed by atoms with E-state index in [0.29, 0.717) is 6.04 Å². The highest BCUT2D eigenvalue weighted by molar-refractivity contribution is 7.10. The van der Waals surface area contributed by atoms with E-state index in [1.54, 1.807) is 0 Å². The SMILES string of the molecule is CCC(C)NCc1sccc1C. The van der Waals surface area contributed by atoms with Gasteiger partial charge in [-0.25, -0.2) is 0 Å². The molecule has 0 aliphatic heterocycles. The Balaban J connectivity index is 2.38. The molecule has 0 radical (unpaired) electrons. The average molecular weight is 183 g/mol. The zero-order chi connectivity index (χ0) is 8.97. The highest BCUT2D eigenvalue weighted by Gasteiger charge is 2.01. The van der Waals surface area contributed by atoms with Crippen molar-refractivity contribution >= 4 is 11.3 Å². The van der Waals surface area contributed by atoms with Crippen LogP contribution in [0.25, 0.3) is 0 Å². The van der Waals surface area contributed by atoms with Crippen molar-refractivity contribution in [3.8, 4) is 0 Å². The molecule has 1 aromatic rings. The van der Waals surface area contributed by atoms with Crippen LogP contribution in [0.2, 0.25) is 0 Å². The van der Waals surface area contributed by atoms with E-state index in [9.17, 15) is 0 Å². The van der Waals surface area contributed by atoms with Crippen molar-refractivity contribution in [3.63, 3.8) is 0 Å². The molecule has 0 saturated carbocycles. The molecule has 0 aliphatic carbocycles. The van der Waals surface area contributed by atoms with Crippen LogP contribution >= 0.6 is 11.3 Å². The summed E-state index contributed by atoms with van der Waals surface area (Å²) in [6.45, 7) is 7.63. The van der Waals surface area contributed by atoms with E-state index in [4.69, 9.17) is 0 Å². The molecule has 0 bridgehead atoms. The molecule has 1 aromatic heterocycles. The molecule has 0 saturated heterocycles. The van der Waals surface area contributed by atoms with E-state index >= 15 is 0 Å². The summed E-state index contributed by atoms with van der Waals surface area (Å²) in [4.78, 5) is 1.47. The van der Waals surface area contributed by atoms with Gasteiger partial charge in [0.15, 0.2) is 0 Å². The van der Waals surface area contributed by atoms with Gasteiger partial charge in [0.05, 0.1) is 0 Å². The van der Waals surface area contributed by atoms with Crippen molar-refractivity contribution in [3.05, 3.63) is 21.9 Å². The van der Waals surface area contributed by atoms with Crippen molar-refractivity contribution in [1.29, 1.82) is 0 Å². The highest BCUT2D eigenvalue weighted by Crippen LogP contribution is 2.15. The fourth-order valence-electron chi connectivity index (χ4n) is 0.996. The second-order valence-corrected chi connectivity index (χ2v) is 4.22. The van der Waals surface area contributed by atoms with Crippen LogP contribution in [0.3, 0.4) is 0 Å². The Morgan fingerprint density at radius 1 is 1.58 bits per heavy atom. The van der Waals surface area contributed by atoms with E-state index in [1.807, 2.05) is 11.3 Å². The van der Waals surface area contributed by atoms with E-state index in [-0.39, 0.29) is 0 Å². The molecular weight excluding hydrogens is 166 g/mol. The number of nitrogens with one attached hydrogen (secondary N) is 1. The van der Waals surface area contributed by atoms with Crippen LogP contribution in [-0.4, -0.2) is 6.04 Å². The molecule has 1 unspecified atom stereocenters. The number of thiophene rings is 1. The van der Waals surface area contributed by atoms with Crippen molar-refractivity contribution in [1.82, 2.24) is 5.32 Å². The fraction of sp³-hybridized carbons (Fsp3) is 0.600. The topological polar surface area (TPSA) is 12.0 Å². The van der Waals surface area contributed by atoms with Crippen LogP contribution in [0.4, 0.5) is 0 Å². The Morgan fingerprint density at radius 3 is 2.83 bits per heavy atom. The van der Waals surface area contributed by atoms with Gasteiger partial charge < -0.3 is 5.32 Å². The van der Waals surface area contributed by atoms with E-state index < -0.39 is 0 Å². The molecule has 0 spiro atoms. The smallest absolute Gasteiger partial charge is 0.0304 e. The lowest BCUT2D eigenvalue weighted by molar-refractivity contribution is 0.536. The van der Waals surface area contributed by atoms with Crippen molar-refractivity contribution in [2.75, 3.05) is 0 Å². The Hall–Kier alpha value is -0.340. The van der Waals surface area contributed by atoms with Gasteiger partial charge in [0, 0.05) is 17.5 Å². The minimum atomic E-state index is 0.631. The van der Waals surface area contributed by atoms with E-state index in [0.717, 1.165) is 6.54 Å². The van der Waals surface area contributed by atoms with Crippen LogP contribution in [0, 0.1) is 6.92 Å². The first-order chi connectivity index (χ1) is 5.74. The summed E-state index contributed by atoms with van der Waals surface area (Å²) in [5.74, 6) is 0. The molecule has 12 heavy (non-hydrogen) atoms. The lowest BCUT2D eigenvalue weighted by atomic mass is 10.2. The second-order valence-electron chi connectivity index (χ2n) is 3.22. The first kappa shape index (κ1) is 9.75. The zero-order valence-electron chi connectivity index (χ0n) is 8.05. The normalized spacial score (nSPS) is 13.2. The minimum absolute atomic E-state index is 0.631. The highest BCUT2D eigenvalue weighted by atomic mass is 32.1. The first-order valence-corrected chi connectivity index (χ1v) is 5.38. The van der Waals surface area contributed by atoms with Gasteiger partial charge in [-0.15, -0.1) is 11.3 Å². The maximum Gasteiger partial charge on any atom is 0.0304 e. The lowest BCUT2D eigenvalue weighted by Crippen LogP contribution is -2.24. The average Bonchev–Trinajstić information content (AvgIpc) is 2.47. The number of aryl methyl sites for hydroxylation is 1. The Morgan fingerprint density at radius 2 is 2.33 bits per heavy atom. The van der Waals surface area contributed by atoms with Gasteiger partial charge in [0.2, 0.25) is 0 Å². The molecule has 0 aliphatic rings. The maximum atomic E-state index is 3.49. The van der Waals surface area contributed by atoms with Gasteiger partial charge in [0.1, 0.15) is 0 Å². The Bertz CT molecular complexity index is 229. The quantitative estimate of drug-likeness (QED) is 0.756. The molecule has 1 atom stereocenters. The van der Waals surface area contributed by atoms with Gasteiger partial charge in [-0.2, -0.15) is 0 Å². The summed E-state index contributed by atoms with van der Waals surface area (Å²) in [7, 11) is 0. The Kier molecular flexibility index (Phi) is 3.76. The van der Waals surface area contributed by atoms with Gasteiger partial charge in [0.25, 0.3) is 0 Å². The number of rotatable bonds is 4. The number of hydrogen-bond acceptors (Lipinski definition) is 2. The molecule has 0 aromatic carbocycles. The minimum Gasteiger partial charge on any atom is -0.309 e. The molecular formula is C10H17NS. The molecule has 1 heterocycles. The van der Waals surface area contributed by atoms with Crippen molar-refractivity contribution < 1.29 is 0 Å².